The highest BCUT2D eigenvalue weighted by Crippen LogP contribution is 2.50. The fraction of sp³-hybridized carbons (Fsp3) is 0.545. The highest BCUT2D eigenvalue weighted by molar-refractivity contribution is 7.52. The molecule has 1 aliphatic heterocycles. The Bertz CT molecular complexity index is 1650. The van der Waals surface area contributed by atoms with Crippen molar-refractivity contribution >= 4 is 37.0 Å². The van der Waals surface area contributed by atoms with Gasteiger partial charge in [0, 0.05) is 12.8 Å². The molecule has 1 aromatic carbocycles. The van der Waals surface area contributed by atoms with Gasteiger partial charge >= 0.3 is 25.7 Å². The quantitative estimate of drug-likeness (QED) is 0.111. The lowest BCUT2D eigenvalue weighted by atomic mass is 9.85. The van der Waals surface area contributed by atoms with Crippen LogP contribution in [0.4, 0.5) is 5.82 Å². The summed E-state index contributed by atoms with van der Waals surface area (Å²) >= 11 is 0. The summed E-state index contributed by atoms with van der Waals surface area (Å²) in [4.78, 5) is 42.9. The van der Waals surface area contributed by atoms with Crippen molar-refractivity contribution in [3.63, 3.8) is 0 Å². The molecule has 1 saturated heterocycles. The van der Waals surface area contributed by atoms with Crippen LogP contribution in [0.25, 0.3) is 5.52 Å². The molecule has 0 radical (unpaired) electrons. The summed E-state index contributed by atoms with van der Waals surface area (Å²) in [6, 6.07) is 10.5. The number of para-hydroxylation sites is 1. The number of carbonyl (C=O) groups is 3. The van der Waals surface area contributed by atoms with E-state index in [0.29, 0.717) is 11.2 Å². The second kappa shape index (κ2) is 16.1. The lowest BCUT2D eigenvalue weighted by Gasteiger charge is -2.38. The van der Waals surface area contributed by atoms with E-state index in [1.54, 1.807) is 63.2 Å². The van der Waals surface area contributed by atoms with Gasteiger partial charge in [-0.05, 0) is 44.0 Å². The van der Waals surface area contributed by atoms with Crippen LogP contribution in [0.1, 0.15) is 72.9 Å². The number of hydrogen-bond donors (Lipinski definition) is 2. The molecule has 2 aromatic heterocycles. The SMILES string of the molecule is CCC(=O)O[C@@H]1[C@@](C)(CO[P@@](=O)(N[C@@H](C)C(=O)OCC(CC)CC)Oc2ccccc2)OC[C@]1(OC(=O)CC)c1ccc2c(N)ncnn12. The lowest BCUT2D eigenvalue weighted by Crippen LogP contribution is -2.54. The lowest BCUT2D eigenvalue weighted by molar-refractivity contribution is -0.189. The Kier molecular flexibility index (Phi) is 12.4. The van der Waals surface area contributed by atoms with Gasteiger partial charge in [-0.15, -0.1) is 0 Å². The zero-order valence-corrected chi connectivity index (χ0v) is 29.6. The Morgan fingerprint density at radius 2 is 1.78 bits per heavy atom. The second-order valence-corrected chi connectivity index (χ2v) is 13.7. The van der Waals surface area contributed by atoms with Gasteiger partial charge in [0.1, 0.15) is 29.2 Å². The molecular weight excluding hydrogens is 657 g/mol. The van der Waals surface area contributed by atoms with Crippen molar-refractivity contribution < 1.29 is 46.9 Å². The van der Waals surface area contributed by atoms with Gasteiger partial charge in [0.15, 0.2) is 11.9 Å². The summed E-state index contributed by atoms with van der Waals surface area (Å²) in [5, 5.41) is 7.00. The average molecular weight is 704 g/mol. The monoisotopic (exact) mass is 703 g/mol. The number of ether oxygens (including phenoxy) is 4. The predicted octanol–water partition coefficient (Wildman–Crippen LogP) is 4.73. The molecule has 0 aliphatic carbocycles. The first-order chi connectivity index (χ1) is 23.3. The molecule has 0 spiro atoms. The Labute approximate surface area is 285 Å². The molecule has 1 aliphatic rings. The fourth-order valence-electron chi connectivity index (χ4n) is 5.42. The molecule has 0 saturated carbocycles. The topological polar surface area (TPSA) is 192 Å². The first-order valence-electron chi connectivity index (χ1n) is 16.4. The number of anilines is 1. The number of aromatic nitrogens is 3. The number of nitrogens with two attached hydrogens (primary N) is 1. The van der Waals surface area contributed by atoms with Gasteiger partial charge in [0.05, 0.1) is 25.5 Å². The summed E-state index contributed by atoms with van der Waals surface area (Å²) in [5.41, 5.74) is 3.49. The zero-order valence-electron chi connectivity index (χ0n) is 28.7. The Hall–Kier alpha value is -4.04. The molecule has 3 heterocycles. The van der Waals surface area contributed by atoms with Gasteiger partial charge in [-0.1, -0.05) is 58.7 Å². The summed E-state index contributed by atoms with van der Waals surface area (Å²) in [6.45, 7) is 9.72. The third kappa shape index (κ3) is 8.58. The molecule has 49 heavy (non-hydrogen) atoms. The molecular formula is C33H46N5O10P. The first kappa shape index (κ1) is 37.8. The number of esters is 3. The summed E-state index contributed by atoms with van der Waals surface area (Å²) < 4.78 is 51.5. The Balaban J connectivity index is 1.70. The van der Waals surface area contributed by atoms with Crippen LogP contribution in [0.2, 0.25) is 0 Å². The van der Waals surface area contributed by atoms with Crippen molar-refractivity contribution in [3.05, 3.63) is 54.5 Å². The molecule has 0 unspecified atom stereocenters. The van der Waals surface area contributed by atoms with E-state index in [9.17, 15) is 18.9 Å². The molecule has 3 N–H and O–H groups in total. The van der Waals surface area contributed by atoms with Crippen molar-refractivity contribution in [2.45, 2.75) is 90.6 Å². The molecule has 1 fully saturated rings. The third-order valence-corrected chi connectivity index (χ3v) is 10.1. The van der Waals surface area contributed by atoms with E-state index in [0.717, 1.165) is 12.8 Å². The van der Waals surface area contributed by atoms with Crippen molar-refractivity contribution in [1.82, 2.24) is 19.7 Å². The molecule has 5 atom stereocenters. The normalized spacial score (nSPS) is 22.4. The van der Waals surface area contributed by atoms with E-state index < -0.39 is 55.6 Å². The van der Waals surface area contributed by atoms with E-state index in [-0.39, 0.29) is 43.5 Å². The van der Waals surface area contributed by atoms with E-state index in [2.05, 4.69) is 15.2 Å². The molecule has 4 rings (SSSR count). The average Bonchev–Trinajstić information content (AvgIpc) is 3.65. The van der Waals surface area contributed by atoms with Crippen LogP contribution in [0.5, 0.6) is 5.75 Å². The number of fused-ring (bicyclic) bond motifs is 1. The standard InChI is InChI=1S/C33H46N5O10P/c1-7-23(8-2)18-43-30(41)22(5)37-49(42,48-24-14-12-11-13-15-24)45-19-32(6)31(46-27(39)9-3)33(20-44-32,47-28(40)10-4)26-17-16-25-29(34)35-21-36-38(25)26/h11-17,21-23,31H,7-10,18-20H2,1-6H3,(H,37,42)(H2,34,35,36)/t22-,31+,32+,33-,49-/m0/s1. The smallest absolute Gasteiger partial charge is 0.459 e. The maximum atomic E-state index is 14.4. The molecule has 15 nitrogen and oxygen atoms in total. The van der Waals surface area contributed by atoms with Crippen LogP contribution in [0.3, 0.4) is 0 Å². The van der Waals surface area contributed by atoms with Crippen LogP contribution in [0.15, 0.2) is 48.8 Å². The summed E-state index contributed by atoms with van der Waals surface area (Å²) in [5.74, 6) is -1.32. The van der Waals surface area contributed by atoms with Gasteiger partial charge in [-0.3, -0.25) is 18.9 Å². The van der Waals surface area contributed by atoms with Crippen LogP contribution in [-0.2, 0) is 48.0 Å². The van der Waals surface area contributed by atoms with Gasteiger partial charge in [-0.25, -0.2) is 14.1 Å². The van der Waals surface area contributed by atoms with Crippen LogP contribution < -0.4 is 15.3 Å². The van der Waals surface area contributed by atoms with Gasteiger partial charge in [-0.2, -0.15) is 10.2 Å². The van der Waals surface area contributed by atoms with Crippen molar-refractivity contribution in [1.29, 1.82) is 0 Å². The number of nitrogen functional groups attached to an aromatic ring is 1. The second-order valence-electron chi connectivity index (χ2n) is 12.0. The number of carbonyl (C=O) groups excluding carboxylic acids is 3. The molecule has 0 bridgehead atoms. The highest BCUT2D eigenvalue weighted by atomic mass is 31.2. The fourth-order valence-corrected chi connectivity index (χ4v) is 7.01. The first-order valence-corrected chi connectivity index (χ1v) is 17.9. The van der Waals surface area contributed by atoms with E-state index in [1.807, 2.05) is 13.8 Å². The summed E-state index contributed by atoms with van der Waals surface area (Å²) in [6.07, 6.45) is 1.56. The van der Waals surface area contributed by atoms with E-state index in [4.69, 9.17) is 33.7 Å². The minimum Gasteiger partial charge on any atom is -0.464 e. The highest BCUT2D eigenvalue weighted by Gasteiger charge is 2.64. The van der Waals surface area contributed by atoms with E-state index >= 15 is 0 Å². The third-order valence-electron chi connectivity index (χ3n) is 8.44. The maximum Gasteiger partial charge on any atom is 0.459 e. The van der Waals surface area contributed by atoms with Gasteiger partial charge in [0.2, 0.25) is 5.60 Å². The largest absolute Gasteiger partial charge is 0.464 e. The zero-order chi connectivity index (χ0) is 35.8. The maximum absolute atomic E-state index is 14.4. The van der Waals surface area contributed by atoms with Crippen LogP contribution in [-0.4, -0.2) is 70.1 Å². The molecule has 16 heteroatoms. The van der Waals surface area contributed by atoms with Crippen molar-refractivity contribution in [2.24, 2.45) is 5.92 Å². The van der Waals surface area contributed by atoms with Crippen LogP contribution >= 0.6 is 7.75 Å². The molecule has 0 amide bonds. The van der Waals surface area contributed by atoms with Crippen molar-refractivity contribution in [3.8, 4) is 5.75 Å². The Morgan fingerprint density at radius 1 is 1.08 bits per heavy atom. The summed E-state index contributed by atoms with van der Waals surface area (Å²) in [7, 11) is -4.38. The number of hydrogen-bond acceptors (Lipinski definition) is 13. The van der Waals surface area contributed by atoms with Gasteiger partial charge in [0.25, 0.3) is 0 Å². The number of rotatable bonds is 17. The van der Waals surface area contributed by atoms with E-state index in [1.165, 1.54) is 17.8 Å². The molecule has 3 aromatic rings. The molecule has 268 valence electrons. The number of benzene rings is 1. The predicted molar refractivity (Wildman–Crippen MR) is 178 cm³/mol. The van der Waals surface area contributed by atoms with Gasteiger partial charge < -0.3 is 29.2 Å². The van der Waals surface area contributed by atoms with Crippen LogP contribution in [0, 0.1) is 5.92 Å². The number of nitrogens with zero attached hydrogens (tertiary/aromatic N) is 3. The minimum atomic E-state index is -4.38. The number of nitrogens with one attached hydrogen (secondary N) is 1. The minimum absolute atomic E-state index is 0.000869. The Morgan fingerprint density at radius 3 is 2.43 bits per heavy atom. The van der Waals surface area contributed by atoms with Crippen molar-refractivity contribution in [2.75, 3.05) is 25.6 Å².